The minimum atomic E-state index is -4.28. The van der Waals surface area contributed by atoms with Crippen molar-refractivity contribution in [3.05, 3.63) is 65.7 Å². The van der Waals surface area contributed by atoms with Crippen LogP contribution in [0.1, 0.15) is 126 Å². The summed E-state index contributed by atoms with van der Waals surface area (Å²) < 4.78 is 45.3. The van der Waals surface area contributed by atoms with Crippen LogP contribution in [0.4, 0.5) is 13.2 Å². The van der Waals surface area contributed by atoms with Crippen molar-refractivity contribution in [1.29, 1.82) is 0 Å². The molecule has 1 nitrogen and oxygen atoms in total. The van der Waals surface area contributed by atoms with Crippen LogP contribution >= 0.6 is 11.8 Å². The van der Waals surface area contributed by atoms with E-state index in [1.807, 2.05) is 30.3 Å². The second-order valence-electron chi connectivity index (χ2n) is 10.5. The van der Waals surface area contributed by atoms with Crippen LogP contribution in [0.2, 0.25) is 0 Å². The minimum absolute atomic E-state index is 0.0555. The largest absolute Gasteiger partial charge is 0.494 e. The summed E-state index contributed by atoms with van der Waals surface area (Å²) in [4.78, 5) is 0. The number of hydrogen-bond donors (Lipinski definition) is 0. The van der Waals surface area contributed by atoms with Gasteiger partial charge in [-0.25, -0.2) is 0 Å². The van der Waals surface area contributed by atoms with Crippen LogP contribution in [0.3, 0.4) is 0 Å². The third kappa shape index (κ3) is 16.4. The highest BCUT2D eigenvalue weighted by Gasteiger charge is 2.33. The summed E-state index contributed by atoms with van der Waals surface area (Å²) in [6, 6.07) is 16.5. The molecule has 0 aromatic heterocycles. The van der Waals surface area contributed by atoms with E-state index in [1.165, 1.54) is 89.9 Å². The van der Waals surface area contributed by atoms with Gasteiger partial charge in [0.05, 0.1) is 6.61 Å². The predicted molar refractivity (Wildman–Crippen MR) is 158 cm³/mol. The average molecular weight is 551 g/mol. The van der Waals surface area contributed by atoms with Gasteiger partial charge >= 0.3 is 5.51 Å². The lowest BCUT2D eigenvalue weighted by Crippen LogP contribution is -2.08. The second kappa shape index (κ2) is 20.3. The maximum absolute atomic E-state index is 13.2. The Morgan fingerprint density at radius 3 is 1.58 bits per heavy atom. The zero-order valence-corrected chi connectivity index (χ0v) is 24.3. The first-order valence-electron chi connectivity index (χ1n) is 15.0. The fraction of sp³-hybridized carbons (Fsp3) is 0.636. The van der Waals surface area contributed by atoms with Crippen molar-refractivity contribution in [2.24, 2.45) is 0 Å². The van der Waals surface area contributed by atoms with Gasteiger partial charge in [0.2, 0.25) is 0 Å². The monoisotopic (exact) mass is 550 g/mol. The van der Waals surface area contributed by atoms with E-state index in [0.717, 1.165) is 24.2 Å². The number of rotatable bonds is 22. The van der Waals surface area contributed by atoms with Gasteiger partial charge in [-0.2, -0.15) is 13.2 Å². The molecule has 0 N–H and O–H groups in total. The molecule has 1 unspecified atom stereocenters. The maximum atomic E-state index is 13.2. The average Bonchev–Trinajstić information content (AvgIpc) is 2.90. The molecule has 5 heteroatoms. The molecular weight excluding hydrogens is 501 g/mol. The molecule has 0 heterocycles. The Balaban J connectivity index is 1.52. The summed E-state index contributed by atoms with van der Waals surface area (Å²) in [6.45, 7) is 2.93. The summed E-state index contributed by atoms with van der Waals surface area (Å²) in [5.41, 5.74) is -2.70. The maximum Gasteiger partial charge on any atom is 0.442 e. The van der Waals surface area contributed by atoms with E-state index in [9.17, 15) is 13.2 Å². The van der Waals surface area contributed by atoms with Gasteiger partial charge < -0.3 is 4.74 Å². The molecule has 0 radical (unpaired) electrons. The smallest absolute Gasteiger partial charge is 0.442 e. The van der Waals surface area contributed by atoms with E-state index in [0.29, 0.717) is 18.6 Å². The summed E-state index contributed by atoms with van der Waals surface area (Å²) in [7, 11) is 0. The first kappa shape index (κ1) is 32.6. The molecule has 0 aliphatic carbocycles. The van der Waals surface area contributed by atoms with Crippen LogP contribution in [-0.2, 0) is 6.42 Å². The summed E-state index contributed by atoms with van der Waals surface area (Å²) in [5, 5.41) is -0.674. The van der Waals surface area contributed by atoms with Gasteiger partial charge in [-0.3, -0.25) is 0 Å². The Kier molecular flexibility index (Phi) is 17.4. The van der Waals surface area contributed by atoms with Gasteiger partial charge in [0.15, 0.2) is 0 Å². The lowest BCUT2D eigenvalue weighted by Gasteiger charge is -2.19. The second-order valence-corrected chi connectivity index (χ2v) is 11.7. The zero-order chi connectivity index (χ0) is 27.3. The first-order chi connectivity index (χ1) is 18.5. The van der Waals surface area contributed by atoms with Crippen LogP contribution in [0.15, 0.2) is 54.6 Å². The van der Waals surface area contributed by atoms with Gasteiger partial charge in [0, 0.05) is 5.25 Å². The van der Waals surface area contributed by atoms with Crippen LogP contribution in [0.25, 0.3) is 0 Å². The first-order valence-corrected chi connectivity index (χ1v) is 15.9. The van der Waals surface area contributed by atoms with Crippen molar-refractivity contribution in [3.63, 3.8) is 0 Å². The Labute approximate surface area is 234 Å². The van der Waals surface area contributed by atoms with Gasteiger partial charge in [-0.05, 0) is 47.9 Å². The molecule has 0 bridgehead atoms. The van der Waals surface area contributed by atoms with Crippen molar-refractivity contribution >= 4 is 11.8 Å². The number of hydrogen-bond acceptors (Lipinski definition) is 2. The van der Waals surface area contributed by atoms with Crippen LogP contribution in [0, 0.1) is 0 Å². The lowest BCUT2D eigenvalue weighted by molar-refractivity contribution is -0.0334. The Morgan fingerprint density at radius 2 is 1.11 bits per heavy atom. The molecule has 2 aromatic rings. The van der Waals surface area contributed by atoms with E-state index in [2.05, 4.69) is 6.92 Å². The highest BCUT2D eigenvalue weighted by atomic mass is 32.2. The zero-order valence-electron chi connectivity index (χ0n) is 23.5. The SMILES string of the molecule is CCCCCCCCCCCCCCCCCCOc1ccc(C(Cc2ccccc2)SC(F)(F)F)cc1. The number of alkyl halides is 3. The quantitative estimate of drug-likeness (QED) is 0.135. The van der Waals surface area contributed by atoms with E-state index in [4.69, 9.17) is 4.74 Å². The molecular formula is C33H49F3OS. The Bertz CT molecular complexity index is 807. The van der Waals surface area contributed by atoms with E-state index in [1.54, 1.807) is 24.3 Å². The topological polar surface area (TPSA) is 9.23 Å². The van der Waals surface area contributed by atoms with Gasteiger partial charge in [-0.1, -0.05) is 146 Å². The van der Waals surface area contributed by atoms with Crippen molar-refractivity contribution in [2.45, 2.75) is 127 Å². The van der Waals surface area contributed by atoms with Gasteiger partial charge in [0.25, 0.3) is 0 Å². The van der Waals surface area contributed by atoms with Gasteiger partial charge in [-0.15, -0.1) is 0 Å². The number of benzene rings is 2. The van der Waals surface area contributed by atoms with Crippen molar-refractivity contribution < 1.29 is 17.9 Å². The normalized spacial score (nSPS) is 12.5. The molecule has 0 saturated carbocycles. The molecule has 0 saturated heterocycles. The van der Waals surface area contributed by atoms with Crippen LogP contribution in [-0.4, -0.2) is 12.1 Å². The molecule has 0 aliphatic rings. The fourth-order valence-corrected chi connectivity index (χ4v) is 5.73. The summed E-state index contributed by atoms with van der Waals surface area (Å²) in [6.07, 6.45) is 21.7. The molecule has 214 valence electrons. The molecule has 38 heavy (non-hydrogen) atoms. The van der Waals surface area contributed by atoms with E-state index < -0.39 is 10.8 Å². The predicted octanol–water partition coefficient (Wildman–Crippen LogP) is 11.9. The Hall–Kier alpha value is -1.62. The summed E-state index contributed by atoms with van der Waals surface area (Å²) >= 11 is 0.0555. The fourth-order valence-electron chi connectivity index (χ4n) is 4.84. The molecule has 0 spiro atoms. The number of halogens is 3. The number of unbranched alkanes of at least 4 members (excludes halogenated alkanes) is 15. The molecule has 0 amide bonds. The standard InChI is InChI=1S/C33H49F3OS/c1-2-3-4-5-6-7-8-9-10-11-12-13-14-15-16-20-27-37-31-25-23-30(24-26-31)32(38-33(34,35)36)28-29-21-18-17-19-22-29/h17-19,21-26,32H,2-16,20,27-28H2,1H3. The van der Waals surface area contributed by atoms with E-state index in [-0.39, 0.29) is 11.8 Å². The van der Waals surface area contributed by atoms with Gasteiger partial charge in [0.1, 0.15) is 5.75 Å². The number of ether oxygens (including phenoxy) is 1. The highest BCUT2D eigenvalue weighted by molar-refractivity contribution is 8.00. The molecule has 2 aromatic carbocycles. The molecule has 2 rings (SSSR count). The summed E-state index contributed by atoms with van der Waals surface area (Å²) in [5.74, 6) is 0.727. The third-order valence-electron chi connectivity index (χ3n) is 7.06. The van der Waals surface area contributed by atoms with E-state index >= 15 is 0 Å². The third-order valence-corrected chi connectivity index (χ3v) is 8.05. The Morgan fingerprint density at radius 1 is 0.632 bits per heavy atom. The van der Waals surface area contributed by atoms with Crippen molar-refractivity contribution in [3.8, 4) is 5.75 Å². The molecule has 0 fully saturated rings. The lowest BCUT2D eigenvalue weighted by atomic mass is 10.0. The molecule has 0 aliphatic heterocycles. The minimum Gasteiger partial charge on any atom is -0.494 e. The number of thioether (sulfide) groups is 1. The molecule has 1 atom stereocenters. The van der Waals surface area contributed by atoms with Crippen LogP contribution < -0.4 is 4.74 Å². The van der Waals surface area contributed by atoms with Crippen molar-refractivity contribution in [2.75, 3.05) is 6.61 Å². The highest BCUT2D eigenvalue weighted by Crippen LogP contribution is 2.44. The van der Waals surface area contributed by atoms with Crippen LogP contribution in [0.5, 0.6) is 5.75 Å². The van der Waals surface area contributed by atoms with Crippen molar-refractivity contribution in [1.82, 2.24) is 0 Å².